The Balaban J connectivity index is 2.77. The standard InChI is InChI=1S/C17H15N3/c1-3-12-8-14(13-6-4-11(2)5-7-13)16(10-19)17(20)15(12)9-18/h4-8H,3,20H2,1-2H3. The number of anilines is 1. The quantitative estimate of drug-likeness (QED) is 0.840. The van der Waals surface area contributed by atoms with Crippen LogP contribution in [-0.4, -0.2) is 0 Å². The molecule has 2 N–H and O–H groups in total. The molecular formula is C17H15N3. The Kier molecular flexibility index (Phi) is 3.73. The Labute approximate surface area is 118 Å². The van der Waals surface area contributed by atoms with Gasteiger partial charge in [0.05, 0.1) is 16.8 Å². The van der Waals surface area contributed by atoms with Gasteiger partial charge in [-0.25, -0.2) is 0 Å². The molecule has 3 heteroatoms. The second-order valence-electron chi connectivity index (χ2n) is 4.69. The number of nitriles is 2. The van der Waals surface area contributed by atoms with Gasteiger partial charge >= 0.3 is 0 Å². The van der Waals surface area contributed by atoms with E-state index < -0.39 is 0 Å². The van der Waals surface area contributed by atoms with Crippen LogP contribution in [0.2, 0.25) is 0 Å². The lowest BCUT2D eigenvalue weighted by Crippen LogP contribution is -2.02. The molecule has 0 bridgehead atoms. The van der Waals surface area contributed by atoms with E-state index in [9.17, 15) is 10.5 Å². The summed E-state index contributed by atoms with van der Waals surface area (Å²) >= 11 is 0. The zero-order valence-corrected chi connectivity index (χ0v) is 11.6. The van der Waals surface area contributed by atoms with Crippen LogP contribution in [-0.2, 0) is 6.42 Å². The predicted molar refractivity (Wildman–Crippen MR) is 79.8 cm³/mol. The molecular weight excluding hydrogens is 246 g/mol. The van der Waals surface area contributed by atoms with Gasteiger partial charge in [0.1, 0.15) is 12.1 Å². The summed E-state index contributed by atoms with van der Waals surface area (Å²) in [4.78, 5) is 0. The van der Waals surface area contributed by atoms with Crippen molar-refractivity contribution in [2.45, 2.75) is 20.3 Å². The van der Waals surface area contributed by atoms with Gasteiger partial charge in [-0.3, -0.25) is 0 Å². The van der Waals surface area contributed by atoms with Gasteiger partial charge < -0.3 is 5.73 Å². The Bertz CT molecular complexity index is 729. The summed E-state index contributed by atoms with van der Waals surface area (Å²) in [6.45, 7) is 3.99. The van der Waals surface area contributed by atoms with Gasteiger partial charge in [0.25, 0.3) is 0 Å². The average Bonchev–Trinajstić information content (AvgIpc) is 2.47. The van der Waals surface area contributed by atoms with Crippen LogP contribution >= 0.6 is 0 Å². The van der Waals surface area contributed by atoms with Crippen molar-refractivity contribution in [3.63, 3.8) is 0 Å². The van der Waals surface area contributed by atoms with Gasteiger partial charge in [0.15, 0.2) is 0 Å². The normalized spacial score (nSPS) is 9.80. The lowest BCUT2D eigenvalue weighted by Gasteiger charge is -2.12. The van der Waals surface area contributed by atoms with Crippen molar-refractivity contribution in [2.24, 2.45) is 0 Å². The number of hydrogen-bond acceptors (Lipinski definition) is 3. The molecule has 0 saturated carbocycles. The number of nitrogen functional groups attached to an aromatic ring is 1. The minimum absolute atomic E-state index is 0.282. The van der Waals surface area contributed by atoms with Gasteiger partial charge in [-0.05, 0) is 30.5 Å². The Morgan fingerprint density at radius 3 is 2.15 bits per heavy atom. The highest BCUT2D eigenvalue weighted by Crippen LogP contribution is 2.32. The summed E-state index contributed by atoms with van der Waals surface area (Å²) in [5, 5.41) is 18.6. The maximum atomic E-state index is 9.36. The molecule has 20 heavy (non-hydrogen) atoms. The summed E-state index contributed by atoms with van der Waals surface area (Å²) in [7, 11) is 0. The van der Waals surface area contributed by atoms with Crippen LogP contribution in [0.1, 0.15) is 29.2 Å². The van der Waals surface area contributed by atoms with Crippen LogP contribution in [0.4, 0.5) is 5.69 Å². The fraction of sp³-hybridized carbons (Fsp3) is 0.176. The van der Waals surface area contributed by atoms with Crippen LogP contribution in [0.25, 0.3) is 11.1 Å². The third kappa shape index (κ3) is 2.22. The van der Waals surface area contributed by atoms with Crippen molar-refractivity contribution in [3.8, 4) is 23.3 Å². The smallest absolute Gasteiger partial charge is 0.102 e. The molecule has 0 fully saturated rings. The minimum Gasteiger partial charge on any atom is -0.397 e. The highest BCUT2D eigenvalue weighted by Gasteiger charge is 2.16. The number of hydrogen-bond donors (Lipinski definition) is 1. The zero-order chi connectivity index (χ0) is 14.7. The first-order valence-corrected chi connectivity index (χ1v) is 6.45. The molecule has 98 valence electrons. The molecule has 2 aromatic rings. The molecule has 0 heterocycles. The van der Waals surface area contributed by atoms with Crippen LogP contribution in [0.3, 0.4) is 0 Å². The van der Waals surface area contributed by atoms with Gasteiger partial charge in [-0.2, -0.15) is 10.5 Å². The van der Waals surface area contributed by atoms with E-state index >= 15 is 0 Å². The third-order valence-electron chi connectivity index (χ3n) is 3.41. The van der Waals surface area contributed by atoms with Crippen LogP contribution in [0.5, 0.6) is 0 Å². The van der Waals surface area contributed by atoms with Crippen LogP contribution in [0, 0.1) is 29.6 Å². The predicted octanol–water partition coefficient (Wildman–Crippen LogP) is 3.55. The molecule has 2 aromatic carbocycles. The topological polar surface area (TPSA) is 73.6 Å². The summed E-state index contributed by atoms with van der Waals surface area (Å²) < 4.78 is 0. The second-order valence-corrected chi connectivity index (χ2v) is 4.69. The fourth-order valence-corrected chi connectivity index (χ4v) is 2.25. The molecule has 0 atom stereocenters. The summed E-state index contributed by atoms with van der Waals surface area (Å²) in [5.74, 6) is 0. The molecule has 0 saturated heterocycles. The number of benzene rings is 2. The van der Waals surface area contributed by atoms with Crippen molar-refractivity contribution in [2.75, 3.05) is 5.73 Å². The van der Waals surface area contributed by atoms with Crippen molar-refractivity contribution in [1.29, 1.82) is 10.5 Å². The molecule has 0 radical (unpaired) electrons. The number of rotatable bonds is 2. The molecule has 0 aromatic heterocycles. The molecule has 0 aliphatic rings. The Hall–Kier alpha value is -2.78. The third-order valence-corrected chi connectivity index (χ3v) is 3.41. The minimum atomic E-state index is 0.282. The molecule has 0 aliphatic heterocycles. The first-order valence-electron chi connectivity index (χ1n) is 6.45. The lowest BCUT2D eigenvalue weighted by atomic mass is 9.91. The van der Waals surface area contributed by atoms with Gasteiger partial charge in [0, 0.05) is 5.56 Å². The van der Waals surface area contributed by atoms with Crippen molar-refractivity contribution >= 4 is 5.69 Å². The Morgan fingerprint density at radius 2 is 1.65 bits per heavy atom. The second kappa shape index (κ2) is 5.47. The van der Waals surface area contributed by atoms with E-state index in [0.717, 1.165) is 22.3 Å². The molecule has 2 rings (SSSR count). The van der Waals surface area contributed by atoms with E-state index in [2.05, 4.69) is 12.1 Å². The Morgan fingerprint density at radius 1 is 1.05 bits per heavy atom. The van der Waals surface area contributed by atoms with Gasteiger partial charge in [-0.15, -0.1) is 0 Å². The monoisotopic (exact) mass is 261 g/mol. The van der Waals surface area contributed by atoms with Crippen molar-refractivity contribution in [3.05, 3.63) is 52.6 Å². The van der Waals surface area contributed by atoms with Crippen LogP contribution in [0.15, 0.2) is 30.3 Å². The SMILES string of the molecule is CCc1cc(-c2ccc(C)cc2)c(C#N)c(N)c1C#N. The highest BCUT2D eigenvalue weighted by molar-refractivity contribution is 5.81. The maximum absolute atomic E-state index is 9.36. The zero-order valence-electron chi connectivity index (χ0n) is 11.6. The fourth-order valence-electron chi connectivity index (χ4n) is 2.25. The first kappa shape index (κ1) is 13.6. The first-order chi connectivity index (χ1) is 9.62. The molecule has 3 nitrogen and oxygen atoms in total. The van der Waals surface area contributed by atoms with E-state index in [1.807, 2.05) is 44.2 Å². The van der Waals surface area contributed by atoms with Gasteiger partial charge in [0.2, 0.25) is 0 Å². The number of nitrogens with zero attached hydrogens (tertiary/aromatic N) is 2. The summed E-state index contributed by atoms with van der Waals surface area (Å²) in [5.41, 5.74) is 10.8. The summed E-state index contributed by atoms with van der Waals surface area (Å²) in [6, 6.07) is 14.1. The largest absolute Gasteiger partial charge is 0.397 e. The maximum Gasteiger partial charge on any atom is 0.102 e. The molecule has 0 spiro atoms. The van der Waals surface area contributed by atoms with Crippen molar-refractivity contribution < 1.29 is 0 Å². The molecule has 0 aliphatic carbocycles. The summed E-state index contributed by atoms with van der Waals surface area (Å²) in [6.07, 6.45) is 0.706. The number of nitrogens with two attached hydrogens (primary N) is 1. The van der Waals surface area contributed by atoms with Crippen molar-refractivity contribution in [1.82, 2.24) is 0 Å². The average molecular weight is 261 g/mol. The lowest BCUT2D eigenvalue weighted by molar-refractivity contribution is 1.13. The van der Waals surface area contributed by atoms with E-state index in [4.69, 9.17) is 5.73 Å². The van der Waals surface area contributed by atoms with E-state index in [-0.39, 0.29) is 5.69 Å². The van der Waals surface area contributed by atoms with E-state index in [1.165, 1.54) is 0 Å². The van der Waals surface area contributed by atoms with E-state index in [0.29, 0.717) is 17.5 Å². The van der Waals surface area contributed by atoms with Crippen LogP contribution < -0.4 is 5.73 Å². The van der Waals surface area contributed by atoms with Gasteiger partial charge in [-0.1, -0.05) is 36.8 Å². The van der Waals surface area contributed by atoms with E-state index in [1.54, 1.807) is 0 Å². The molecule has 0 unspecified atom stereocenters. The number of aryl methyl sites for hydroxylation is 2. The molecule has 0 amide bonds. The highest BCUT2D eigenvalue weighted by atomic mass is 14.6.